The molecule has 0 spiro atoms. The fourth-order valence-electron chi connectivity index (χ4n) is 5.55. The molecule has 5 nitrogen and oxygen atoms in total. The van der Waals surface area contributed by atoms with Gasteiger partial charge in [-0.15, -0.1) is 0 Å². The summed E-state index contributed by atoms with van der Waals surface area (Å²) in [6.45, 7) is 4.32. The van der Waals surface area contributed by atoms with Gasteiger partial charge in [-0.3, -0.25) is 4.79 Å². The molecule has 2 aliphatic rings. The predicted molar refractivity (Wildman–Crippen MR) is 138 cm³/mol. The van der Waals surface area contributed by atoms with E-state index < -0.39 is 11.7 Å². The normalized spacial score (nSPS) is 23.2. The molecule has 3 atom stereocenters. The van der Waals surface area contributed by atoms with Crippen molar-refractivity contribution in [3.05, 3.63) is 65.7 Å². The van der Waals surface area contributed by atoms with Gasteiger partial charge >= 0.3 is 6.18 Å². The summed E-state index contributed by atoms with van der Waals surface area (Å²) in [7, 11) is 2.14. The van der Waals surface area contributed by atoms with E-state index in [2.05, 4.69) is 34.3 Å². The Morgan fingerprint density at radius 2 is 1.92 bits per heavy atom. The number of nitrogens with zero attached hydrogens (tertiary/aromatic N) is 2. The molecule has 37 heavy (non-hydrogen) atoms. The van der Waals surface area contributed by atoms with Gasteiger partial charge in [0.1, 0.15) is 5.75 Å². The Hall–Kier alpha value is -2.58. The topological polar surface area (TPSA) is 44.8 Å². The fourth-order valence-corrected chi connectivity index (χ4v) is 5.55. The van der Waals surface area contributed by atoms with Crippen molar-refractivity contribution in [1.29, 1.82) is 0 Å². The minimum absolute atomic E-state index is 0.0516. The summed E-state index contributed by atoms with van der Waals surface area (Å²) < 4.78 is 45.1. The quantitative estimate of drug-likeness (QED) is 0.489. The average Bonchev–Trinajstić information content (AvgIpc) is 3.31. The molecule has 2 fully saturated rings. The summed E-state index contributed by atoms with van der Waals surface area (Å²) in [5.74, 6) is 0.156. The summed E-state index contributed by atoms with van der Waals surface area (Å²) in [4.78, 5) is 17.8. The highest BCUT2D eigenvalue weighted by Gasteiger charge is 2.33. The maximum absolute atomic E-state index is 13.1. The number of carbonyl (C=O) groups excluding carboxylic acids is 1. The first kappa shape index (κ1) is 27.5. The maximum Gasteiger partial charge on any atom is 0.416 e. The lowest BCUT2D eigenvalue weighted by Crippen LogP contribution is -2.48. The molecular formula is C29H38F3N3O2. The van der Waals surface area contributed by atoms with Gasteiger partial charge in [-0.2, -0.15) is 13.2 Å². The van der Waals surface area contributed by atoms with Crippen LogP contribution < -0.4 is 10.1 Å². The van der Waals surface area contributed by atoms with Gasteiger partial charge in [0.05, 0.1) is 18.1 Å². The summed E-state index contributed by atoms with van der Waals surface area (Å²) in [5.41, 5.74) is 0.523. The molecule has 8 heteroatoms. The number of rotatable bonds is 10. The van der Waals surface area contributed by atoms with Crippen molar-refractivity contribution in [3.63, 3.8) is 0 Å². The molecule has 0 aromatic heterocycles. The molecule has 2 aliphatic heterocycles. The van der Waals surface area contributed by atoms with Gasteiger partial charge in [0.25, 0.3) is 0 Å². The van der Waals surface area contributed by atoms with Crippen molar-refractivity contribution in [2.24, 2.45) is 11.8 Å². The summed E-state index contributed by atoms with van der Waals surface area (Å²) >= 11 is 0. The van der Waals surface area contributed by atoms with Crippen LogP contribution in [-0.4, -0.2) is 68.1 Å². The number of amides is 1. The molecule has 2 heterocycles. The Bertz CT molecular complexity index is 1000. The second-order valence-corrected chi connectivity index (χ2v) is 10.5. The average molecular weight is 518 g/mol. The number of ether oxygens (including phenoxy) is 1. The predicted octanol–water partition coefficient (Wildman–Crippen LogP) is 4.87. The standard InChI is InChI=1S/C29H38F3N3O2/c1-34-15-6-10-26(34)12-14-33-28(36)24-17-23(19-35(20-24)16-13-22-7-3-2-4-8-22)21-37-27-11-5-9-25(18-27)29(30,31)32/h2-5,7-9,11,18,23-24,26H,6,10,12-17,19-21H2,1H3,(H,33,36)/t23-,24+,26-/m0/s1. The molecule has 1 amide bonds. The van der Waals surface area contributed by atoms with Gasteiger partial charge in [0.15, 0.2) is 0 Å². The minimum atomic E-state index is -4.41. The van der Waals surface area contributed by atoms with Crippen LogP contribution in [0, 0.1) is 11.8 Å². The Morgan fingerprint density at radius 3 is 2.65 bits per heavy atom. The number of halogens is 3. The van der Waals surface area contributed by atoms with Gasteiger partial charge in [-0.05, 0) is 69.5 Å². The number of alkyl halides is 3. The van der Waals surface area contributed by atoms with Crippen LogP contribution in [0.5, 0.6) is 5.75 Å². The van der Waals surface area contributed by atoms with Gasteiger partial charge in [0.2, 0.25) is 5.91 Å². The van der Waals surface area contributed by atoms with Gasteiger partial charge in [-0.25, -0.2) is 0 Å². The van der Waals surface area contributed by atoms with E-state index in [4.69, 9.17) is 4.74 Å². The fraction of sp³-hybridized carbons (Fsp3) is 0.552. The molecule has 2 aromatic carbocycles. The number of benzene rings is 2. The van der Waals surface area contributed by atoms with E-state index in [9.17, 15) is 18.0 Å². The number of piperidine rings is 1. The third kappa shape index (κ3) is 8.20. The van der Waals surface area contributed by atoms with Crippen LogP contribution in [0.15, 0.2) is 54.6 Å². The highest BCUT2D eigenvalue weighted by Crippen LogP contribution is 2.32. The molecule has 0 bridgehead atoms. The van der Waals surface area contributed by atoms with Crippen molar-refractivity contribution >= 4 is 5.91 Å². The minimum Gasteiger partial charge on any atom is -0.493 e. The number of carbonyl (C=O) groups is 1. The van der Waals surface area contributed by atoms with E-state index in [0.29, 0.717) is 25.6 Å². The molecule has 202 valence electrons. The molecule has 1 N–H and O–H groups in total. The molecule has 0 aliphatic carbocycles. The number of hydrogen-bond donors (Lipinski definition) is 1. The van der Waals surface area contributed by atoms with E-state index in [0.717, 1.165) is 44.6 Å². The lowest BCUT2D eigenvalue weighted by molar-refractivity contribution is -0.137. The Kier molecular flexibility index (Phi) is 9.49. The second-order valence-electron chi connectivity index (χ2n) is 10.5. The lowest BCUT2D eigenvalue weighted by atomic mass is 9.88. The van der Waals surface area contributed by atoms with Crippen molar-refractivity contribution in [2.75, 3.05) is 46.4 Å². The van der Waals surface area contributed by atoms with Crippen molar-refractivity contribution in [2.45, 2.75) is 44.3 Å². The zero-order valence-corrected chi connectivity index (χ0v) is 21.6. The highest BCUT2D eigenvalue weighted by molar-refractivity contribution is 5.79. The van der Waals surface area contributed by atoms with Crippen LogP contribution >= 0.6 is 0 Å². The van der Waals surface area contributed by atoms with Crippen molar-refractivity contribution in [1.82, 2.24) is 15.1 Å². The summed E-state index contributed by atoms with van der Waals surface area (Å²) in [6, 6.07) is 15.8. The molecule has 2 saturated heterocycles. The third-order valence-corrected chi connectivity index (χ3v) is 7.64. The van der Waals surface area contributed by atoms with Crippen molar-refractivity contribution < 1.29 is 22.7 Å². The molecule has 0 unspecified atom stereocenters. The number of likely N-dealkylation sites (tertiary alicyclic amines) is 2. The van der Waals surface area contributed by atoms with Crippen LogP contribution in [0.3, 0.4) is 0 Å². The van der Waals surface area contributed by atoms with Gasteiger partial charge in [0, 0.05) is 38.1 Å². The first-order chi connectivity index (χ1) is 17.8. The van der Waals surface area contributed by atoms with Crippen LogP contribution in [0.25, 0.3) is 0 Å². The Morgan fingerprint density at radius 1 is 1.11 bits per heavy atom. The van der Waals surface area contributed by atoms with E-state index in [1.165, 1.54) is 24.5 Å². The summed E-state index contributed by atoms with van der Waals surface area (Å²) in [5, 5.41) is 3.15. The van der Waals surface area contributed by atoms with Crippen molar-refractivity contribution in [3.8, 4) is 5.75 Å². The van der Waals surface area contributed by atoms with Gasteiger partial charge < -0.3 is 19.9 Å². The smallest absolute Gasteiger partial charge is 0.416 e. The number of hydrogen-bond acceptors (Lipinski definition) is 4. The van der Waals surface area contributed by atoms with Crippen LogP contribution in [0.2, 0.25) is 0 Å². The first-order valence-electron chi connectivity index (χ1n) is 13.3. The van der Waals surface area contributed by atoms with E-state index in [1.54, 1.807) is 6.07 Å². The van der Waals surface area contributed by atoms with E-state index in [-0.39, 0.29) is 30.1 Å². The zero-order valence-electron chi connectivity index (χ0n) is 21.6. The van der Waals surface area contributed by atoms with Crippen LogP contribution in [0.1, 0.15) is 36.8 Å². The molecule has 2 aromatic rings. The lowest BCUT2D eigenvalue weighted by Gasteiger charge is -2.37. The van der Waals surface area contributed by atoms with E-state index in [1.807, 2.05) is 18.2 Å². The van der Waals surface area contributed by atoms with E-state index >= 15 is 0 Å². The maximum atomic E-state index is 13.1. The van der Waals surface area contributed by atoms with Crippen LogP contribution in [0.4, 0.5) is 13.2 Å². The zero-order chi connectivity index (χ0) is 26.3. The first-order valence-corrected chi connectivity index (χ1v) is 13.3. The largest absolute Gasteiger partial charge is 0.493 e. The highest BCUT2D eigenvalue weighted by atomic mass is 19.4. The third-order valence-electron chi connectivity index (χ3n) is 7.64. The SMILES string of the molecule is CN1CCC[C@H]1CCNC(=O)[C@@H]1C[C@H](COc2cccc(C(F)(F)F)c2)CN(CCc2ccccc2)C1. The second kappa shape index (κ2) is 12.8. The monoisotopic (exact) mass is 517 g/mol. The molecule has 0 radical (unpaired) electrons. The molecule has 0 saturated carbocycles. The Labute approximate surface area is 218 Å². The van der Waals surface area contributed by atoms with Crippen LogP contribution in [-0.2, 0) is 17.4 Å². The molecular weight excluding hydrogens is 479 g/mol. The molecule has 4 rings (SSSR count). The number of nitrogens with one attached hydrogen (secondary N) is 1. The Balaban J connectivity index is 1.35. The summed E-state index contributed by atoms with van der Waals surface area (Å²) in [6.07, 6.45) is 0.476. The van der Waals surface area contributed by atoms with Gasteiger partial charge in [-0.1, -0.05) is 36.4 Å².